The van der Waals surface area contributed by atoms with E-state index in [1.807, 2.05) is 11.8 Å². The second-order valence-electron chi connectivity index (χ2n) is 6.21. The molecule has 0 radical (unpaired) electrons. The second-order valence-corrected chi connectivity index (χ2v) is 7.49. The summed E-state index contributed by atoms with van der Waals surface area (Å²) in [6, 6.07) is 0.0165. The Kier molecular flexibility index (Phi) is 6.67. The standard InChI is InChI=1S/C15H30N2OS/c1-7-11(4)14-15(18)17(9-12(5)19-6)13(16-14)8-10(2)3/h10-14,16H,7-9H2,1-6H3. The van der Waals surface area contributed by atoms with Crippen molar-refractivity contribution in [3.8, 4) is 0 Å². The highest BCUT2D eigenvalue weighted by atomic mass is 32.2. The zero-order chi connectivity index (χ0) is 14.6. The summed E-state index contributed by atoms with van der Waals surface area (Å²) in [4.78, 5) is 14.7. The van der Waals surface area contributed by atoms with E-state index in [2.05, 4.69) is 51.1 Å². The Bertz CT molecular complexity index is 296. The number of carbonyl (C=O) groups is 1. The molecule has 4 heteroatoms. The van der Waals surface area contributed by atoms with Crippen LogP contribution in [-0.4, -0.2) is 41.1 Å². The Balaban J connectivity index is 2.78. The molecule has 112 valence electrons. The third-order valence-corrected chi connectivity index (χ3v) is 5.01. The molecule has 1 aliphatic heterocycles. The summed E-state index contributed by atoms with van der Waals surface area (Å²) in [5.41, 5.74) is 0. The van der Waals surface area contributed by atoms with Gasteiger partial charge in [-0.15, -0.1) is 0 Å². The quantitative estimate of drug-likeness (QED) is 0.781. The van der Waals surface area contributed by atoms with Crippen LogP contribution in [0, 0.1) is 11.8 Å². The molecule has 4 atom stereocenters. The predicted octanol–water partition coefficient (Wildman–Crippen LogP) is 2.96. The van der Waals surface area contributed by atoms with E-state index in [1.54, 1.807) is 0 Å². The summed E-state index contributed by atoms with van der Waals surface area (Å²) in [5, 5.41) is 4.07. The number of amides is 1. The van der Waals surface area contributed by atoms with Gasteiger partial charge >= 0.3 is 0 Å². The summed E-state index contributed by atoms with van der Waals surface area (Å²) in [7, 11) is 0. The van der Waals surface area contributed by atoms with Gasteiger partial charge in [-0.25, -0.2) is 0 Å². The van der Waals surface area contributed by atoms with Gasteiger partial charge in [-0.1, -0.05) is 41.0 Å². The van der Waals surface area contributed by atoms with E-state index in [0.717, 1.165) is 19.4 Å². The number of hydrogen-bond donors (Lipinski definition) is 1. The molecule has 1 fully saturated rings. The van der Waals surface area contributed by atoms with Crippen molar-refractivity contribution >= 4 is 17.7 Å². The van der Waals surface area contributed by atoms with E-state index in [0.29, 0.717) is 23.0 Å². The Morgan fingerprint density at radius 3 is 2.42 bits per heavy atom. The monoisotopic (exact) mass is 286 g/mol. The van der Waals surface area contributed by atoms with Gasteiger partial charge in [0.05, 0.1) is 12.2 Å². The number of rotatable bonds is 7. The van der Waals surface area contributed by atoms with Gasteiger partial charge in [0, 0.05) is 11.8 Å². The van der Waals surface area contributed by atoms with Gasteiger partial charge in [-0.3, -0.25) is 10.1 Å². The molecule has 0 aromatic rings. The van der Waals surface area contributed by atoms with Gasteiger partial charge in [-0.2, -0.15) is 11.8 Å². The van der Waals surface area contributed by atoms with Crippen molar-refractivity contribution < 1.29 is 4.79 Å². The maximum atomic E-state index is 12.6. The SMILES string of the molecule is CCC(C)C1NC(CC(C)C)N(CC(C)SC)C1=O. The number of hydrogen-bond acceptors (Lipinski definition) is 3. The smallest absolute Gasteiger partial charge is 0.241 e. The van der Waals surface area contributed by atoms with Crippen LogP contribution in [0.1, 0.15) is 47.5 Å². The number of nitrogens with zero attached hydrogens (tertiary/aromatic N) is 1. The Morgan fingerprint density at radius 1 is 1.32 bits per heavy atom. The lowest BCUT2D eigenvalue weighted by molar-refractivity contribution is -0.131. The Morgan fingerprint density at radius 2 is 1.95 bits per heavy atom. The maximum Gasteiger partial charge on any atom is 0.241 e. The van der Waals surface area contributed by atoms with Gasteiger partial charge in [-0.05, 0) is 24.5 Å². The molecule has 0 aromatic heterocycles. The largest absolute Gasteiger partial charge is 0.325 e. The molecule has 0 aliphatic carbocycles. The van der Waals surface area contributed by atoms with Crippen molar-refractivity contribution in [1.82, 2.24) is 10.2 Å². The number of carbonyl (C=O) groups excluding carboxylic acids is 1. The van der Waals surface area contributed by atoms with Crippen molar-refractivity contribution in [3.63, 3.8) is 0 Å². The predicted molar refractivity (Wildman–Crippen MR) is 84.3 cm³/mol. The lowest BCUT2D eigenvalue weighted by atomic mass is 9.99. The van der Waals surface area contributed by atoms with Gasteiger partial charge in [0.25, 0.3) is 0 Å². The molecule has 19 heavy (non-hydrogen) atoms. The van der Waals surface area contributed by atoms with Crippen LogP contribution >= 0.6 is 11.8 Å². The Labute approximate surface area is 122 Å². The van der Waals surface area contributed by atoms with E-state index in [9.17, 15) is 4.79 Å². The fourth-order valence-electron chi connectivity index (χ4n) is 2.55. The van der Waals surface area contributed by atoms with Crippen molar-refractivity contribution in [2.45, 2.75) is 64.9 Å². The van der Waals surface area contributed by atoms with Crippen LogP contribution < -0.4 is 5.32 Å². The molecule has 1 N–H and O–H groups in total. The zero-order valence-electron chi connectivity index (χ0n) is 13.3. The first-order valence-electron chi connectivity index (χ1n) is 7.49. The van der Waals surface area contributed by atoms with Gasteiger partial charge in [0.2, 0.25) is 5.91 Å². The van der Waals surface area contributed by atoms with Crippen LogP contribution in [0.2, 0.25) is 0 Å². The fraction of sp³-hybridized carbons (Fsp3) is 0.933. The molecule has 0 aromatic carbocycles. The summed E-state index contributed by atoms with van der Waals surface area (Å²) in [6.07, 6.45) is 4.42. The van der Waals surface area contributed by atoms with E-state index >= 15 is 0 Å². The molecule has 1 aliphatic rings. The van der Waals surface area contributed by atoms with Crippen LogP contribution in [0.15, 0.2) is 0 Å². The third-order valence-electron chi connectivity index (χ3n) is 4.06. The molecule has 0 bridgehead atoms. The summed E-state index contributed by atoms with van der Waals surface area (Å²) < 4.78 is 0. The highest BCUT2D eigenvalue weighted by molar-refractivity contribution is 7.99. The average Bonchev–Trinajstić information content (AvgIpc) is 2.65. The van der Waals surface area contributed by atoms with Crippen molar-refractivity contribution in [2.75, 3.05) is 12.8 Å². The fourth-order valence-corrected chi connectivity index (χ4v) is 2.86. The summed E-state index contributed by atoms with van der Waals surface area (Å²) >= 11 is 1.83. The van der Waals surface area contributed by atoms with Gasteiger partial charge in [0.15, 0.2) is 0 Å². The summed E-state index contributed by atoms with van der Waals surface area (Å²) in [5.74, 6) is 1.32. The minimum Gasteiger partial charge on any atom is -0.325 e. The molecule has 1 amide bonds. The molecule has 1 heterocycles. The van der Waals surface area contributed by atoms with Crippen LogP contribution in [0.5, 0.6) is 0 Å². The highest BCUT2D eigenvalue weighted by Crippen LogP contribution is 2.24. The molecule has 0 saturated carbocycles. The molecule has 1 rings (SSSR count). The van der Waals surface area contributed by atoms with E-state index in [1.165, 1.54) is 0 Å². The van der Waals surface area contributed by atoms with Crippen molar-refractivity contribution in [3.05, 3.63) is 0 Å². The van der Waals surface area contributed by atoms with Crippen LogP contribution in [0.4, 0.5) is 0 Å². The highest BCUT2D eigenvalue weighted by Gasteiger charge is 2.41. The van der Waals surface area contributed by atoms with E-state index < -0.39 is 0 Å². The first-order chi connectivity index (χ1) is 8.90. The molecule has 3 nitrogen and oxygen atoms in total. The molecule has 0 spiro atoms. The second kappa shape index (κ2) is 7.53. The molecular formula is C15H30N2OS. The number of thioether (sulfide) groups is 1. The summed E-state index contributed by atoms with van der Waals surface area (Å²) in [6.45, 7) is 11.8. The zero-order valence-corrected chi connectivity index (χ0v) is 14.1. The molecular weight excluding hydrogens is 256 g/mol. The average molecular weight is 286 g/mol. The minimum atomic E-state index is 0.0165. The Hall–Kier alpha value is -0.220. The van der Waals surface area contributed by atoms with E-state index in [-0.39, 0.29) is 12.2 Å². The normalized spacial score (nSPS) is 27.1. The topological polar surface area (TPSA) is 32.3 Å². The van der Waals surface area contributed by atoms with Crippen LogP contribution in [0.25, 0.3) is 0 Å². The van der Waals surface area contributed by atoms with Crippen LogP contribution in [0.3, 0.4) is 0 Å². The third kappa shape index (κ3) is 4.38. The van der Waals surface area contributed by atoms with Gasteiger partial charge < -0.3 is 4.90 Å². The van der Waals surface area contributed by atoms with Gasteiger partial charge in [0.1, 0.15) is 0 Å². The first kappa shape index (κ1) is 16.8. The van der Waals surface area contributed by atoms with Crippen LogP contribution in [-0.2, 0) is 4.79 Å². The lowest BCUT2D eigenvalue weighted by Gasteiger charge is -2.27. The van der Waals surface area contributed by atoms with E-state index in [4.69, 9.17) is 0 Å². The lowest BCUT2D eigenvalue weighted by Crippen LogP contribution is -2.41. The maximum absolute atomic E-state index is 12.6. The molecule has 4 unspecified atom stereocenters. The van der Waals surface area contributed by atoms with Crippen molar-refractivity contribution in [1.29, 1.82) is 0 Å². The van der Waals surface area contributed by atoms with Crippen molar-refractivity contribution in [2.24, 2.45) is 11.8 Å². The first-order valence-corrected chi connectivity index (χ1v) is 8.78. The minimum absolute atomic E-state index is 0.0165. The number of nitrogens with one attached hydrogen (secondary N) is 1. The molecule has 1 saturated heterocycles.